The molecule has 5 heteroatoms. The Morgan fingerprint density at radius 1 is 1.59 bits per heavy atom. The van der Waals surface area contributed by atoms with Crippen LogP contribution in [-0.2, 0) is 9.53 Å². The number of halogens is 1. The first kappa shape index (κ1) is 14.7. The second-order valence-electron chi connectivity index (χ2n) is 4.15. The molecule has 1 unspecified atom stereocenters. The Bertz CT molecular complexity index is 365. The van der Waals surface area contributed by atoms with Crippen molar-refractivity contribution >= 4 is 33.2 Å². The highest BCUT2D eigenvalue weighted by Crippen LogP contribution is 2.26. The van der Waals surface area contributed by atoms with Crippen molar-refractivity contribution in [2.75, 3.05) is 13.2 Å². The number of ether oxygens (including phenoxy) is 1. The zero-order valence-corrected chi connectivity index (χ0v) is 12.7. The molecule has 0 aliphatic carbocycles. The number of esters is 1. The average Bonchev–Trinajstić information content (AvgIpc) is 2.65. The maximum atomic E-state index is 11.9. The minimum atomic E-state index is -0.353. The van der Waals surface area contributed by atoms with Crippen molar-refractivity contribution in [2.45, 2.75) is 26.8 Å². The SMILES string of the molecule is CCOC(=O)C(NCC(C)C)c1cc(Br)cs1. The summed E-state index contributed by atoms with van der Waals surface area (Å²) in [6, 6.07) is 1.60. The molecule has 1 rings (SSSR count). The fourth-order valence-corrected chi connectivity index (χ4v) is 2.86. The van der Waals surface area contributed by atoms with Gasteiger partial charge in [0.25, 0.3) is 0 Å². The molecule has 1 heterocycles. The fraction of sp³-hybridized carbons (Fsp3) is 0.583. The van der Waals surface area contributed by atoms with Gasteiger partial charge < -0.3 is 4.74 Å². The molecule has 0 aromatic carbocycles. The summed E-state index contributed by atoms with van der Waals surface area (Å²) in [5.74, 6) is 0.290. The molecule has 0 radical (unpaired) electrons. The number of hydrogen-bond acceptors (Lipinski definition) is 4. The van der Waals surface area contributed by atoms with Crippen LogP contribution in [0.15, 0.2) is 15.9 Å². The van der Waals surface area contributed by atoms with E-state index in [0.717, 1.165) is 15.9 Å². The zero-order chi connectivity index (χ0) is 12.8. The average molecular weight is 320 g/mol. The molecule has 0 saturated heterocycles. The van der Waals surface area contributed by atoms with E-state index < -0.39 is 0 Å². The van der Waals surface area contributed by atoms with E-state index in [1.165, 1.54) is 0 Å². The third-order valence-corrected chi connectivity index (χ3v) is 3.88. The summed E-state index contributed by atoms with van der Waals surface area (Å²) in [6.45, 7) is 7.24. The molecule has 0 amide bonds. The van der Waals surface area contributed by atoms with Gasteiger partial charge in [0.15, 0.2) is 0 Å². The predicted molar refractivity (Wildman–Crippen MR) is 74.2 cm³/mol. The van der Waals surface area contributed by atoms with Crippen LogP contribution in [0, 0.1) is 5.92 Å². The van der Waals surface area contributed by atoms with Crippen molar-refractivity contribution in [3.05, 3.63) is 20.8 Å². The maximum Gasteiger partial charge on any atom is 0.328 e. The van der Waals surface area contributed by atoms with Crippen LogP contribution in [0.25, 0.3) is 0 Å². The highest BCUT2D eigenvalue weighted by Gasteiger charge is 2.23. The van der Waals surface area contributed by atoms with Gasteiger partial charge in [0.2, 0.25) is 0 Å². The van der Waals surface area contributed by atoms with Crippen LogP contribution >= 0.6 is 27.3 Å². The van der Waals surface area contributed by atoms with Crippen LogP contribution in [0.1, 0.15) is 31.7 Å². The predicted octanol–water partition coefficient (Wildman–Crippen LogP) is 3.36. The van der Waals surface area contributed by atoms with Crippen LogP contribution in [-0.4, -0.2) is 19.1 Å². The highest BCUT2D eigenvalue weighted by molar-refractivity contribution is 9.10. The molecule has 0 saturated carbocycles. The Morgan fingerprint density at radius 3 is 2.76 bits per heavy atom. The summed E-state index contributed by atoms with van der Waals surface area (Å²) in [6.07, 6.45) is 0. The summed E-state index contributed by atoms with van der Waals surface area (Å²) < 4.78 is 6.09. The van der Waals surface area contributed by atoms with Gasteiger partial charge in [-0.25, -0.2) is 4.79 Å². The van der Waals surface area contributed by atoms with Gasteiger partial charge >= 0.3 is 5.97 Å². The summed E-state index contributed by atoms with van der Waals surface area (Å²) in [4.78, 5) is 12.9. The van der Waals surface area contributed by atoms with Gasteiger partial charge in [-0.3, -0.25) is 5.32 Å². The number of carbonyl (C=O) groups excluding carboxylic acids is 1. The lowest BCUT2D eigenvalue weighted by Gasteiger charge is -2.17. The molecular formula is C12H18BrNO2S. The molecule has 17 heavy (non-hydrogen) atoms. The second-order valence-corrected chi connectivity index (χ2v) is 6.01. The van der Waals surface area contributed by atoms with Crippen molar-refractivity contribution < 1.29 is 9.53 Å². The van der Waals surface area contributed by atoms with Gasteiger partial charge in [-0.2, -0.15) is 0 Å². The quantitative estimate of drug-likeness (QED) is 0.817. The van der Waals surface area contributed by atoms with E-state index in [1.807, 2.05) is 18.4 Å². The minimum absolute atomic E-state index is 0.206. The minimum Gasteiger partial charge on any atom is -0.465 e. The molecule has 0 aliphatic heterocycles. The largest absolute Gasteiger partial charge is 0.465 e. The third kappa shape index (κ3) is 4.77. The van der Waals surface area contributed by atoms with Gasteiger partial charge in [-0.15, -0.1) is 11.3 Å². The van der Waals surface area contributed by atoms with E-state index in [-0.39, 0.29) is 12.0 Å². The zero-order valence-electron chi connectivity index (χ0n) is 10.3. The van der Waals surface area contributed by atoms with Crippen molar-refractivity contribution in [3.63, 3.8) is 0 Å². The topological polar surface area (TPSA) is 38.3 Å². The van der Waals surface area contributed by atoms with Crippen LogP contribution in [0.3, 0.4) is 0 Å². The number of nitrogens with one attached hydrogen (secondary N) is 1. The molecule has 0 spiro atoms. The van der Waals surface area contributed by atoms with Gasteiger partial charge in [0, 0.05) is 14.7 Å². The van der Waals surface area contributed by atoms with Gasteiger partial charge in [0.1, 0.15) is 6.04 Å². The third-order valence-electron chi connectivity index (χ3n) is 2.12. The molecule has 96 valence electrons. The summed E-state index contributed by atoms with van der Waals surface area (Å²) in [7, 11) is 0. The van der Waals surface area contributed by atoms with Crippen molar-refractivity contribution in [1.82, 2.24) is 5.32 Å². The van der Waals surface area contributed by atoms with Gasteiger partial charge in [-0.1, -0.05) is 13.8 Å². The summed E-state index contributed by atoms with van der Waals surface area (Å²) >= 11 is 4.95. The van der Waals surface area contributed by atoms with Crippen LogP contribution in [0.4, 0.5) is 0 Å². The second kappa shape index (κ2) is 7.13. The highest BCUT2D eigenvalue weighted by atomic mass is 79.9. The number of hydrogen-bond donors (Lipinski definition) is 1. The Hall–Kier alpha value is -0.390. The number of rotatable bonds is 6. The van der Waals surface area contributed by atoms with Gasteiger partial charge in [-0.05, 0) is 41.4 Å². The van der Waals surface area contributed by atoms with E-state index in [9.17, 15) is 4.79 Å². The Kier molecular flexibility index (Phi) is 6.16. The van der Waals surface area contributed by atoms with Gasteiger partial charge in [0.05, 0.1) is 6.61 Å². The molecule has 1 atom stereocenters. The lowest BCUT2D eigenvalue weighted by molar-refractivity contribution is -0.145. The maximum absolute atomic E-state index is 11.9. The smallest absolute Gasteiger partial charge is 0.328 e. The van der Waals surface area contributed by atoms with E-state index in [1.54, 1.807) is 11.3 Å². The standard InChI is InChI=1S/C12H18BrNO2S/c1-4-16-12(15)11(14-6-8(2)3)10-5-9(13)7-17-10/h5,7-8,11,14H,4,6H2,1-3H3. The molecule has 0 aliphatic rings. The lowest BCUT2D eigenvalue weighted by Crippen LogP contribution is -2.32. The monoisotopic (exact) mass is 319 g/mol. The van der Waals surface area contributed by atoms with Crippen LogP contribution in [0.5, 0.6) is 0 Å². The van der Waals surface area contributed by atoms with E-state index in [0.29, 0.717) is 12.5 Å². The Balaban J connectivity index is 2.74. The fourth-order valence-electron chi connectivity index (χ4n) is 1.36. The van der Waals surface area contributed by atoms with E-state index in [4.69, 9.17) is 4.74 Å². The molecule has 1 N–H and O–H groups in total. The first-order valence-corrected chi connectivity index (χ1v) is 7.35. The molecule has 0 bridgehead atoms. The molecule has 0 fully saturated rings. The normalized spacial score (nSPS) is 12.8. The number of carbonyl (C=O) groups is 1. The van der Waals surface area contributed by atoms with E-state index in [2.05, 4.69) is 35.1 Å². The molecule has 3 nitrogen and oxygen atoms in total. The van der Waals surface area contributed by atoms with Crippen molar-refractivity contribution in [3.8, 4) is 0 Å². The number of thiophene rings is 1. The van der Waals surface area contributed by atoms with Crippen molar-refractivity contribution in [1.29, 1.82) is 0 Å². The Morgan fingerprint density at radius 2 is 2.29 bits per heavy atom. The first-order valence-electron chi connectivity index (χ1n) is 5.68. The molecule has 1 aromatic heterocycles. The van der Waals surface area contributed by atoms with Crippen molar-refractivity contribution in [2.24, 2.45) is 5.92 Å². The van der Waals surface area contributed by atoms with E-state index >= 15 is 0 Å². The molecule has 1 aromatic rings. The summed E-state index contributed by atoms with van der Waals surface area (Å²) in [5.41, 5.74) is 0. The molecular weight excluding hydrogens is 302 g/mol. The first-order chi connectivity index (χ1) is 8.04. The summed E-state index contributed by atoms with van der Waals surface area (Å²) in [5, 5.41) is 5.22. The van der Waals surface area contributed by atoms with Crippen LogP contribution in [0.2, 0.25) is 0 Å². The van der Waals surface area contributed by atoms with Crippen LogP contribution < -0.4 is 5.32 Å². The lowest BCUT2D eigenvalue weighted by atomic mass is 10.2. The Labute approximate surface area is 115 Å².